The van der Waals surface area contributed by atoms with Gasteiger partial charge in [-0.05, 0) is 6.07 Å². The average molecular weight is 284 g/mol. The lowest BCUT2D eigenvalue weighted by Crippen LogP contribution is -2.16. The van der Waals surface area contributed by atoms with Crippen molar-refractivity contribution in [2.75, 3.05) is 6.61 Å². The predicted molar refractivity (Wildman–Crippen MR) is 57.9 cm³/mol. The van der Waals surface area contributed by atoms with Crippen molar-refractivity contribution >= 4 is 17.4 Å². The van der Waals surface area contributed by atoms with Gasteiger partial charge in [0.2, 0.25) is 5.88 Å². The molecule has 9 heteroatoms. The number of pyridine rings is 1. The Labute approximate surface area is 105 Å². The second-order valence-electron chi connectivity index (χ2n) is 3.18. The number of hydrogen-bond acceptors (Lipinski definition) is 4. The van der Waals surface area contributed by atoms with E-state index in [0.717, 1.165) is 0 Å². The summed E-state index contributed by atoms with van der Waals surface area (Å²) in [6.07, 6.45) is -4.23. The SMILES string of the molecule is N/C(=N/O)c1ccnc(OCCC(F)(F)F)c1Cl. The largest absolute Gasteiger partial charge is 0.476 e. The number of hydrogen-bond donors (Lipinski definition) is 2. The van der Waals surface area contributed by atoms with Crippen molar-refractivity contribution in [2.24, 2.45) is 10.9 Å². The maximum absolute atomic E-state index is 11.9. The smallest absolute Gasteiger partial charge is 0.392 e. The molecule has 0 radical (unpaired) electrons. The molecule has 100 valence electrons. The summed E-state index contributed by atoms with van der Waals surface area (Å²) in [6.45, 7) is -0.615. The molecule has 0 saturated heterocycles. The van der Waals surface area contributed by atoms with Crippen molar-refractivity contribution in [3.05, 3.63) is 22.8 Å². The highest BCUT2D eigenvalue weighted by Gasteiger charge is 2.27. The summed E-state index contributed by atoms with van der Waals surface area (Å²) >= 11 is 5.79. The van der Waals surface area contributed by atoms with E-state index >= 15 is 0 Å². The van der Waals surface area contributed by atoms with Gasteiger partial charge < -0.3 is 15.7 Å². The fourth-order valence-corrected chi connectivity index (χ4v) is 1.30. The highest BCUT2D eigenvalue weighted by Crippen LogP contribution is 2.26. The van der Waals surface area contributed by atoms with Crippen LogP contribution in [0.15, 0.2) is 17.4 Å². The zero-order valence-electron chi connectivity index (χ0n) is 8.91. The number of alkyl halides is 3. The molecule has 1 aromatic rings. The van der Waals surface area contributed by atoms with E-state index < -0.39 is 19.2 Å². The Bertz CT molecular complexity index is 451. The molecule has 1 rings (SSSR count). The van der Waals surface area contributed by atoms with Gasteiger partial charge in [0.15, 0.2) is 5.84 Å². The number of oxime groups is 1. The normalized spacial score (nSPS) is 12.6. The molecular formula is C9H9ClF3N3O2. The molecule has 0 bridgehead atoms. The molecule has 5 nitrogen and oxygen atoms in total. The average Bonchev–Trinajstić information content (AvgIpc) is 2.29. The van der Waals surface area contributed by atoms with E-state index in [1.807, 2.05) is 0 Å². The molecule has 0 saturated carbocycles. The molecule has 0 unspecified atom stereocenters. The molecule has 0 aliphatic heterocycles. The minimum absolute atomic E-state index is 0.116. The molecule has 1 heterocycles. The van der Waals surface area contributed by atoms with Gasteiger partial charge in [-0.1, -0.05) is 16.8 Å². The van der Waals surface area contributed by atoms with Gasteiger partial charge in [0.05, 0.1) is 13.0 Å². The molecule has 0 aromatic carbocycles. The van der Waals surface area contributed by atoms with Gasteiger partial charge in [-0.25, -0.2) is 4.98 Å². The summed E-state index contributed by atoms with van der Waals surface area (Å²) in [5.41, 5.74) is 5.44. The predicted octanol–water partition coefficient (Wildman–Crippen LogP) is 2.16. The van der Waals surface area contributed by atoms with E-state index in [0.29, 0.717) is 0 Å². The highest BCUT2D eigenvalue weighted by atomic mass is 35.5. The van der Waals surface area contributed by atoms with Crippen LogP contribution in [-0.4, -0.2) is 28.8 Å². The van der Waals surface area contributed by atoms with Crippen molar-refractivity contribution in [1.29, 1.82) is 0 Å². The molecule has 0 aliphatic rings. The summed E-state index contributed by atoms with van der Waals surface area (Å²) in [7, 11) is 0. The fraction of sp³-hybridized carbons (Fsp3) is 0.333. The van der Waals surface area contributed by atoms with Crippen molar-refractivity contribution in [2.45, 2.75) is 12.6 Å². The van der Waals surface area contributed by atoms with E-state index in [2.05, 4.69) is 10.1 Å². The van der Waals surface area contributed by atoms with Gasteiger partial charge in [-0.2, -0.15) is 13.2 Å². The van der Waals surface area contributed by atoms with E-state index in [4.69, 9.17) is 27.3 Å². The van der Waals surface area contributed by atoms with Crippen LogP contribution in [0.1, 0.15) is 12.0 Å². The summed E-state index contributed by atoms with van der Waals surface area (Å²) in [4.78, 5) is 3.66. The topological polar surface area (TPSA) is 80.7 Å². The number of halogens is 4. The maximum atomic E-state index is 11.9. The summed E-state index contributed by atoms with van der Waals surface area (Å²) in [6, 6.07) is 1.34. The van der Waals surface area contributed by atoms with Crippen LogP contribution in [0.5, 0.6) is 5.88 Å². The van der Waals surface area contributed by atoms with Crippen LogP contribution in [0.4, 0.5) is 13.2 Å². The summed E-state index contributed by atoms with van der Waals surface area (Å²) < 4.78 is 40.5. The van der Waals surface area contributed by atoms with Crippen LogP contribution in [-0.2, 0) is 0 Å². The third-order valence-corrected chi connectivity index (χ3v) is 2.23. The molecule has 18 heavy (non-hydrogen) atoms. The Morgan fingerprint density at radius 2 is 2.22 bits per heavy atom. The van der Waals surface area contributed by atoms with Gasteiger partial charge in [0.1, 0.15) is 5.02 Å². The van der Waals surface area contributed by atoms with E-state index in [1.54, 1.807) is 0 Å². The first-order valence-electron chi connectivity index (χ1n) is 4.67. The van der Waals surface area contributed by atoms with Gasteiger partial charge in [0.25, 0.3) is 0 Å². The second kappa shape index (κ2) is 5.76. The minimum atomic E-state index is -4.32. The number of aromatic nitrogens is 1. The molecule has 0 fully saturated rings. The van der Waals surface area contributed by atoms with Crippen LogP contribution in [0.2, 0.25) is 5.02 Å². The first-order valence-corrected chi connectivity index (χ1v) is 5.05. The summed E-state index contributed by atoms with van der Waals surface area (Å²) in [5.74, 6) is -0.493. The van der Waals surface area contributed by atoms with Crippen molar-refractivity contribution in [3.63, 3.8) is 0 Å². The first kappa shape index (κ1) is 14.4. The van der Waals surface area contributed by atoms with Gasteiger partial charge in [-0.3, -0.25) is 0 Å². The zero-order chi connectivity index (χ0) is 13.8. The monoisotopic (exact) mass is 283 g/mol. The van der Waals surface area contributed by atoms with Crippen LogP contribution in [0.25, 0.3) is 0 Å². The van der Waals surface area contributed by atoms with Gasteiger partial charge in [-0.15, -0.1) is 0 Å². The van der Waals surface area contributed by atoms with E-state index in [-0.39, 0.29) is 22.3 Å². The number of rotatable bonds is 4. The third kappa shape index (κ3) is 3.95. The quantitative estimate of drug-likeness (QED) is 0.384. The van der Waals surface area contributed by atoms with Gasteiger partial charge >= 0.3 is 6.18 Å². The Morgan fingerprint density at radius 1 is 1.56 bits per heavy atom. The molecule has 3 N–H and O–H groups in total. The molecule has 0 amide bonds. The van der Waals surface area contributed by atoms with Crippen molar-refractivity contribution in [3.8, 4) is 5.88 Å². The Balaban J connectivity index is 2.79. The van der Waals surface area contributed by atoms with Crippen LogP contribution < -0.4 is 10.5 Å². The van der Waals surface area contributed by atoms with Crippen molar-refractivity contribution < 1.29 is 23.1 Å². The molecule has 0 spiro atoms. The molecular weight excluding hydrogens is 275 g/mol. The lowest BCUT2D eigenvalue weighted by Gasteiger charge is -2.10. The zero-order valence-corrected chi connectivity index (χ0v) is 9.66. The first-order chi connectivity index (χ1) is 8.35. The fourth-order valence-electron chi connectivity index (χ4n) is 1.04. The lowest BCUT2D eigenvalue weighted by molar-refractivity contribution is -0.139. The van der Waals surface area contributed by atoms with E-state index in [1.165, 1.54) is 12.3 Å². The number of amidine groups is 1. The minimum Gasteiger partial charge on any atom is -0.476 e. The Morgan fingerprint density at radius 3 is 2.78 bits per heavy atom. The standard InChI is InChI=1S/C9H9ClF3N3O2/c10-6-5(7(14)16-17)1-3-15-8(6)18-4-2-9(11,12)13/h1,3,17H,2,4H2,(H2,14,16). The Kier molecular flexibility index (Phi) is 4.60. The van der Waals surface area contributed by atoms with Crippen LogP contribution >= 0.6 is 11.6 Å². The number of nitrogens with zero attached hydrogens (tertiary/aromatic N) is 2. The van der Waals surface area contributed by atoms with Crippen molar-refractivity contribution in [1.82, 2.24) is 4.98 Å². The maximum Gasteiger partial charge on any atom is 0.392 e. The Hall–Kier alpha value is -1.70. The highest BCUT2D eigenvalue weighted by molar-refractivity contribution is 6.35. The molecule has 1 aromatic heterocycles. The molecule has 0 aliphatic carbocycles. The molecule has 0 atom stereocenters. The van der Waals surface area contributed by atoms with Gasteiger partial charge in [0, 0.05) is 11.8 Å². The second-order valence-corrected chi connectivity index (χ2v) is 3.55. The van der Waals surface area contributed by atoms with E-state index in [9.17, 15) is 13.2 Å². The lowest BCUT2D eigenvalue weighted by atomic mass is 10.2. The number of nitrogens with two attached hydrogens (primary N) is 1. The van der Waals surface area contributed by atoms with Crippen LogP contribution in [0.3, 0.4) is 0 Å². The van der Waals surface area contributed by atoms with Crippen LogP contribution in [0, 0.1) is 0 Å². The number of ether oxygens (including phenoxy) is 1. The third-order valence-electron chi connectivity index (χ3n) is 1.87. The summed E-state index contributed by atoms with van der Waals surface area (Å²) in [5, 5.41) is 11.1.